The van der Waals surface area contributed by atoms with Gasteiger partial charge in [-0.3, -0.25) is 9.69 Å². The highest BCUT2D eigenvalue weighted by Gasteiger charge is 2.24. The van der Waals surface area contributed by atoms with Gasteiger partial charge in [-0.25, -0.2) is 4.79 Å². The van der Waals surface area contributed by atoms with Gasteiger partial charge in [0.25, 0.3) is 0 Å². The van der Waals surface area contributed by atoms with Crippen molar-refractivity contribution >= 4 is 11.9 Å². The van der Waals surface area contributed by atoms with Gasteiger partial charge in [0.2, 0.25) is 5.91 Å². The molecule has 1 aliphatic heterocycles. The van der Waals surface area contributed by atoms with E-state index in [4.69, 9.17) is 4.74 Å². The zero-order valence-corrected chi connectivity index (χ0v) is 15.3. The van der Waals surface area contributed by atoms with Gasteiger partial charge in [-0.1, -0.05) is 27.7 Å². The third-order valence-corrected chi connectivity index (χ3v) is 3.98. The number of nitrogens with one attached hydrogen (secondary N) is 1. The minimum atomic E-state index is -0.547. The molecule has 0 spiro atoms. The van der Waals surface area contributed by atoms with Gasteiger partial charge in [0.15, 0.2) is 0 Å². The molecule has 23 heavy (non-hydrogen) atoms. The van der Waals surface area contributed by atoms with Gasteiger partial charge in [0.05, 0.1) is 13.7 Å². The first kappa shape index (κ1) is 19.9. The van der Waals surface area contributed by atoms with E-state index in [9.17, 15) is 9.59 Å². The number of piperazine rings is 1. The first-order valence-corrected chi connectivity index (χ1v) is 8.63. The minimum Gasteiger partial charge on any atom is -0.467 e. The van der Waals surface area contributed by atoms with Crippen molar-refractivity contribution in [2.45, 2.75) is 40.2 Å². The van der Waals surface area contributed by atoms with Crippen molar-refractivity contribution in [3.8, 4) is 0 Å². The molecule has 1 rings (SSSR count). The molecule has 1 aliphatic rings. The average Bonchev–Trinajstić information content (AvgIpc) is 2.46. The Labute approximate surface area is 140 Å². The van der Waals surface area contributed by atoms with Crippen LogP contribution in [0.5, 0.6) is 0 Å². The molecule has 1 heterocycles. The highest BCUT2D eigenvalue weighted by Crippen LogP contribution is 2.07. The second-order valence-corrected chi connectivity index (χ2v) is 7.24. The molecule has 1 unspecified atom stereocenters. The number of methoxy groups -OCH3 is 1. The van der Waals surface area contributed by atoms with Crippen LogP contribution in [0.4, 0.5) is 0 Å². The summed E-state index contributed by atoms with van der Waals surface area (Å²) in [6, 6.07) is -0.547. The van der Waals surface area contributed by atoms with E-state index >= 15 is 0 Å². The normalized spacial score (nSPS) is 18.2. The van der Waals surface area contributed by atoms with Crippen molar-refractivity contribution in [3.05, 3.63) is 0 Å². The molecule has 0 aromatic carbocycles. The summed E-state index contributed by atoms with van der Waals surface area (Å²) in [6.45, 7) is 13.7. The smallest absolute Gasteiger partial charge is 0.328 e. The van der Waals surface area contributed by atoms with Gasteiger partial charge < -0.3 is 15.0 Å². The third kappa shape index (κ3) is 7.79. The summed E-state index contributed by atoms with van der Waals surface area (Å²) < 4.78 is 4.78. The van der Waals surface area contributed by atoms with Gasteiger partial charge in [-0.15, -0.1) is 0 Å². The zero-order chi connectivity index (χ0) is 17.4. The van der Waals surface area contributed by atoms with Crippen molar-refractivity contribution < 1.29 is 14.3 Å². The fraction of sp³-hybridized carbons (Fsp3) is 0.882. The molecule has 6 heteroatoms. The Morgan fingerprint density at radius 2 is 1.57 bits per heavy atom. The lowest BCUT2D eigenvalue weighted by atomic mass is 10.0. The van der Waals surface area contributed by atoms with Crippen LogP contribution in [0.3, 0.4) is 0 Å². The quantitative estimate of drug-likeness (QED) is 0.673. The number of ether oxygens (including phenoxy) is 1. The molecular weight excluding hydrogens is 294 g/mol. The molecule has 1 amide bonds. The van der Waals surface area contributed by atoms with E-state index in [0.29, 0.717) is 24.8 Å². The van der Waals surface area contributed by atoms with Crippen molar-refractivity contribution in [2.75, 3.05) is 46.4 Å². The molecule has 6 nitrogen and oxygen atoms in total. The molecule has 0 saturated carbocycles. The number of rotatable bonds is 8. The van der Waals surface area contributed by atoms with E-state index in [1.165, 1.54) is 7.11 Å². The average molecular weight is 327 g/mol. The number of hydrogen-bond donors (Lipinski definition) is 1. The Kier molecular flexibility index (Phi) is 8.55. The topological polar surface area (TPSA) is 61.9 Å². The summed E-state index contributed by atoms with van der Waals surface area (Å²) in [5, 5.41) is 2.82. The predicted molar refractivity (Wildman–Crippen MR) is 91.1 cm³/mol. The first-order valence-electron chi connectivity index (χ1n) is 8.63. The molecule has 134 valence electrons. The molecule has 0 aromatic heterocycles. The molecule has 0 radical (unpaired) electrons. The van der Waals surface area contributed by atoms with Crippen molar-refractivity contribution in [3.63, 3.8) is 0 Å². The SMILES string of the molecule is COC(=O)C(CC(C)C)NC(=O)CN1CCN(CC(C)C)CC1. The maximum Gasteiger partial charge on any atom is 0.328 e. The van der Waals surface area contributed by atoms with Crippen LogP contribution in [0, 0.1) is 11.8 Å². The Bertz CT molecular complexity index is 377. The molecule has 0 aliphatic carbocycles. The van der Waals surface area contributed by atoms with E-state index in [1.54, 1.807) is 0 Å². The van der Waals surface area contributed by atoms with E-state index in [0.717, 1.165) is 32.7 Å². The molecule has 1 N–H and O–H groups in total. The summed E-state index contributed by atoms with van der Waals surface area (Å²) in [4.78, 5) is 28.6. The predicted octanol–water partition coefficient (Wildman–Crippen LogP) is 0.964. The Balaban J connectivity index is 2.39. The van der Waals surface area contributed by atoms with Crippen LogP contribution in [0.25, 0.3) is 0 Å². The zero-order valence-electron chi connectivity index (χ0n) is 15.3. The molecule has 0 bridgehead atoms. The number of carbonyl (C=O) groups excluding carboxylic acids is 2. The molecule has 1 saturated heterocycles. The summed E-state index contributed by atoms with van der Waals surface area (Å²) in [7, 11) is 1.36. The van der Waals surface area contributed by atoms with Gasteiger partial charge in [-0.2, -0.15) is 0 Å². The lowest BCUT2D eigenvalue weighted by Crippen LogP contribution is -2.52. The van der Waals surface area contributed by atoms with E-state index < -0.39 is 6.04 Å². The standard InChI is InChI=1S/C17H33N3O3/c1-13(2)10-15(17(22)23-5)18-16(21)12-20-8-6-19(7-9-20)11-14(3)4/h13-15H,6-12H2,1-5H3,(H,18,21). The number of esters is 1. The molecule has 1 atom stereocenters. The molecule has 0 aromatic rings. The first-order chi connectivity index (χ1) is 10.8. The van der Waals surface area contributed by atoms with Crippen molar-refractivity contribution in [1.29, 1.82) is 0 Å². The Morgan fingerprint density at radius 1 is 1.00 bits per heavy atom. The van der Waals surface area contributed by atoms with Crippen molar-refractivity contribution in [1.82, 2.24) is 15.1 Å². The Morgan fingerprint density at radius 3 is 2.04 bits per heavy atom. The Hall–Kier alpha value is -1.14. The van der Waals surface area contributed by atoms with Crippen LogP contribution in [0.15, 0.2) is 0 Å². The number of hydrogen-bond acceptors (Lipinski definition) is 5. The highest BCUT2D eigenvalue weighted by molar-refractivity contribution is 5.85. The number of carbonyl (C=O) groups is 2. The minimum absolute atomic E-state index is 0.0987. The molecule has 1 fully saturated rings. The highest BCUT2D eigenvalue weighted by atomic mass is 16.5. The van der Waals surface area contributed by atoms with E-state index in [2.05, 4.69) is 29.0 Å². The lowest BCUT2D eigenvalue weighted by Gasteiger charge is -2.35. The summed E-state index contributed by atoms with van der Waals surface area (Å²) in [5.74, 6) is 0.521. The van der Waals surface area contributed by atoms with Crippen molar-refractivity contribution in [2.24, 2.45) is 11.8 Å². The fourth-order valence-electron chi connectivity index (χ4n) is 2.92. The summed E-state index contributed by atoms with van der Waals surface area (Å²) in [6.07, 6.45) is 0.598. The fourth-order valence-corrected chi connectivity index (χ4v) is 2.92. The van der Waals surface area contributed by atoms with Gasteiger partial charge in [0, 0.05) is 32.7 Å². The van der Waals surface area contributed by atoms with E-state index in [1.807, 2.05) is 13.8 Å². The largest absolute Gasteiger partial charge is 0.467 e. The monoisotopic (exact) mass is 327 g/mol. The van der Waals surface area contributed by atoms with Gasteiger partial charge in [0.1, 0.15) is 6.04 Å². The van der Waals surface area contributed by atoms with Crippen LogP contribution in [0.1, 0.15) is 34.1 Å². The molecular formula is C17H33N3O3. The number of amides is 1. The summed E-state index contributed by atoms with van der Waals surface area (Å²) in [5.41, 5.74) is 0. The van der Waals surface area contributed by atoms with Crippen LogP contribution < -0.4 is 5.32 Å². The van der Waals surface area contributed by atoms with Crippen LogP contribution >= 0.6 is 0 Å². The van der Waals surface area contributed by atoms with Gasteiger partial charge in [-0.05, 0) is 18.3 Å². The van der Waals surface area contributed by atoms with E-state index in [-0.39, 0.29) is 11.9 Å². The van der Waals surface area contributed by atoms with Crippen LogP contribution in [-0.2, 0) is 14.3 Å². The summed E-state index contributed by atoms with van der Waals surface area (Å²) >= 11 is 0. The van der Waals surface area contributed by atoms with Crippen LogP contribution in [0.2, 0.25) is 0 Å². The second-order valence-electron chi connectivity index (χ2n) is 7.24. The lowest BCUT2D eigenvalue weighted by molar-refractivity contribution is -0.145. The third-order valence-electron chi connectivity index (χ3n) is 3.98. The second kappa shape index (κ2) is 9.88. The van der Waals surface area contributed by atoms with Crippen LogP contribution in [-0.4, -0.2) is 74.1 Å². The maximum absolute atomic E-state index is 12.2. The number of nitrogens with zero attached hydrogens (tertiary/aromatic N) is 2. The maximum atomic E-state index is 12.2. The van der Waals surface area contributed by atoms with Gasteiger partial charge >= 0.3 is 5.97 Å².